The molecule has 1 N–H and O–H groups in total. The van der Waals surface area contributed by atoms with Gasteiger partial charge in [-0.2, -0.15) is 0 Å². The monoisotopic (exact) mass is 159 g/mol. The van der Waals surface area contributed by atoms with Gasteiger partial charge >= 0.3 is 0 Å². The SMILES string of the molecule is CON=C1CC(C)OC(O)C1. The molecular weight excluding hydrogens is 146 g/mol. The lowest BCUT2D eigenvalue weighted by atomic mass is 10.1. The zero-order chi connectivity index (χ0) is 8.27. The second-order valence-electron chi connectivity index (χ2n) is 2.65. The van der Waals surface area contributed by atoms with Gasteiger partial charge in [0.05, 0.1) is 11.8 Å². The van der Waals surface area contributed by atoms with Crippen LogP contribution in [-0.2, 0) is 9.57 Å². The highest BCUT2D eigenvalue weighted by atomic mass is 16.6. The Morgan fingerprint density at radius 3 is 2.91 bits per heavy atom. The minimum Gasteiger partial charge on any atom is -0.399 e. The van der Waals surface area contributed by atoms with Gasteiger partial charge in [-0.3, -0.25) is 0 Å². The van der Waals surface area contributed by atoms with Gasteiger partial charge in [-0.05, 0) is 6.92 Å². The van der Waals surface area contributed by atoms with E-state index < -0.39 is 6.29 Å². The van der Waals surface area contributed by atoms with Crippen molar-refractivity contribution in [3.8, 4) is 0 Å². The van der Waals surface area contributed by atoms with Crippen molar-refractivity contribution in [3.63, 3.8) is 0 Å². The largest absolute Gasteiger partial charge is 0.399 e. The first-order valence-electron chi connectivity index (χ1n) is 3.64. The molecule has 4 nitrogen and oxygen atoms in total. The normalized spacial score (nSPS) is 35.7. The minimum atomic E-state index is -0.715. The maximum Gasteiger partial charge on any atom is 0.160 e. The van der Waals surface area contributed by atoms with Crippen LogP contribution in [0.1, 0.15) is 19.8 Å². The average Bonchev–Trinajstić information content (AvgIpc) is 1.85. The molecule has 1 saturated heterocycles. The zero-order valence-electron chi connectivity index (χ0n) is 6.78. The molecule has 0 spiro atoms. The van der Waals surface area contributed by atoms with Gasteiger partial charge in [0.15, 0.2) is 6.29 Å². The highest BCUT2D eigenvalue weighted by Gasteiger charge is 2.21. The van der Waals surface area contributed by atoms with Crippen molar-refractivity contribution >= 4 is 5.71 Å². The summed E-state index contributed by atoms with van der Waals surface area (Å²) in [6, 6.07) is 0. The molecule has 0 radical (unpaired) electrons. The predicted octanol–water partition coefficient (Wildman–Crippen LogP) is 0.506. The molecule has 64 valence electrons. The Hall–Kier alpha value is -0.610. The van der Waals surface area contributed by atoms with Crippen molar-refractivity contribution in [3.05, 3.63) is 0 Å². The van der Waals surface area contributed by atoms with Crippen LogP contribution in [0, 0.1) is 0 Å². The van der Waals surface area contributed by atoms with Gasteiger partial charge in [-0.1, -0.05) is 5.16 Å². The molecule has 1 heterocycles. The minimum absolute atomic E-state index is 0.0349. The van der Waals surface area contributed by atoms with Crippen LogP contribution < -0.4 is 0 Å². The van der Waals surface area contributed by atoms with E-state index >= 15 is 0 Å². The fourth-order valence-corrected chi connectivity index (χ4v) is 1.18. The molecule has 0 amide bonds. The second kappa shape index (κ2) is 3.69. The number of rotatable bonds is 1. The topological polar surface area (TPSA) is 51.0 Å². The Morgan fingerprint density at radius 1 is 1.64 bits per heavy atom. The highest BCUT2D eigenvalue weighted by Crippen LogP contribution is 2.14. The van der Waals surface area contributed by atoms with Gasteiger partial charge in [0.25, 0.3) is 0 Å². The summed E-state index contributed by atoms with van der Waals surface area (Å²) >= 11 is 0. The van der Waals surface area contributed by atoms with Crippen molar-refractivity contribution in [1.82, 2.24) is 0 Å². The van der Waals surface area contributed by atoms with E-state index in [4.69, 9.17) is 9.84 Å². The number of hydrogen-bond donors (Lipinski definition) is 1. The maximum atomic E-state index is 9.12. The van der Waals surface area contributed by atoms with Crippen LogP contribution in [0.15, 0.2) is 5.16 Å². The smallest absolute Gasteiger partial charge is 0.160 e. The number of hydrogen-bond acceptors (Lipinski definition) is 4. The molecule has 0 saturated carbocycles. The van der Waals surface area contributed by atoms with Gasteiger partial charge < -0.3 is 14.7 Å². The van der Waals surface area contributed by atoms with E-state index in [1.165, 1.54) is 7.11 Å². The Labute approximate surface area is 65.8 Å². The van der Waals surface area contributed by atoms with E-state index in [1.807, 2.05) is 6.92 Å². The Kier molecular flexibility index (Phi) is 2.84. The highest BCUT2D eigenvalue weighted by molar-refractivity contribution is 5.85. The molecule has 0 aromatic rings. The fourth-order valence-electron chi connectivity index (χ4n) is 1.18. The number of oxime groups is 1. The molecule has 4 heteroatoms. The number of aliphatic hydroxyl groups excluding tert-OH is 1. The summed E-state index contributed by atoms with van der Waals surface area (Å²) in [5.41, 5.74) is 0.860. The van der Waals surface area contributed by atoms with Crippen LogP contribution in [0.4, 0.5) is 0 Å². The maximum absolute atomic E-state index is 9.12. The molecule has 0 aromatic carbocycles. The third-order valence-electron chi connectivity index (χ3n) is 1.54. The predicted molar refractivity (Wildman–Crippen MR) is 40.2 cm³/mol. The van der Waals surface area contributed by atoms with E-state index in [-0.39, 0.29) is 6.10 Å². The first kappa shape index (κ1) is 8.49. The summed E-state index contributed by atoms with van der Waals surface area (Å²) in [5.74, 6) is 0. The molecule has 2 atom stereocenters. The lowest BCUT2D eigenvalue weighted by Crippen LogP contribution is -2.31. The molecule has 2 unspecified atom stereocenters. The van der Waals surface area contributed by atoms with Gasteiger partial charge in [0.2, 0.25) is 0 Å². The summed E-state index contributed by atoms with van der Waals surface area (Å²) in [6.45, 7) is 1.90. The molecule has 1 fully saturated rings. The van der Waals surface area contributed by atoms with Crippen molar-refractivity contribution in [2.75, 3.05) is 7.11 Å². The second-order valence-corrected chi connectivity index (χ2v) is 2.65. The van der Waals surface area contributed by atoms with E-state index in [1.54, 1.807) is 0 Å². The Morgan fingerprint density at radius 2 is 2.36 bits per heavy atom. The molecule has 0 aliphatic carbocycles. The Bertz CT molecular complexity index is 146. The molecule has 11 heavy (non-hydrogen) atoms. The van der Waals surface area contributed by atoms with Crippen molar-refractivity contribution in [1.29, 1.82) is 0 Å². The van der Waals surface area contributed by atoms with E-state index in [0.29, 0.717) is 6.42 Å². The van der Waals surface area contributed by atoms with Crippen LogP contribution >= 0.6 is 0 Å². The van der Waals surface area contributed by atoms with Gasteiger partial charge in [0, 0.05) is 12.8 Å². The summed E-state index contributed by atoms with van der Waals surface area (Å²) in [5, 5.41) is 12.9. The molecule has 1 rings (SSSR count). The van der Waals surface area contributed by atoms with Crippen LogP contribution in [-0.4, -0.2) is 30.3 Å². The van der Waals surface area contributed by atoms with Crippen molar-refractivity contribution < 1.29 is 14.7 Å². The van der Waals surface area contributed by atoms with Gasteiger partial charge in [0.1, 0.15) is 7.11 Å². The number of nitrogens with zero attached hydrogens (tertiary/aromatic N) is 1. The lowest BCUT2D eigenvalue weighted by Gasteiger charge is -2.24. The van der Waals surface area contributed by atoms with E-state index in [9.17, 15) is 0 Å². The standard InChI is InChI=1S/C7H13NO3/c1-5-3-6(8-10-2)4-7(9)11-5/h5,7,9H,3-4H2,1-2H3. The van der Waals surface area contributed by atoms with Crippen molar-refractivity contribution in [2.24, 2.45) is 5.16 Å². The van der Waals surface area contributed by atoms with E-state index in [0.717, 1.165) is 12.1 Å². The summed E-state index contributed by atoms with van der Waals surface area (Å²) in [7, 11) is 1.50. The van der Waals surface area contributed by atoms with Crippen LogP contribution in [0.25, 0.3) is 0 Å². The molecule has 1 aliphatic rings. The third kappa shape index (κ3) is 2.48. The van der Waals surface area contributed by atoms with Crippen LogP contribution in [0.2, 0.25) is 0 Å². The lowest BCUT2D eigenvalue weighted by molar-refractivity contribution is -0.133. The average molecular weight is 159 g/mol. The quantitative estimate of drug-likeness (QED) is 0.567. The molecule has 1 aliphatic heterocycles. The first-order valence-corrected chi connectivity index (χ1v) is 3.64. The van der Waals surface area contributed by atoms with Crippen LogP contribution in [0.5, 0.6) is 0 Å². The zero-order valence-corrected chi connectivity index (χ0v) is 6.78. The molecular formula is C7H13NO3. The molecule has 0 aromatic heterocycles. The van der Waals surface area contributed by atoms with Gasteiger partial charge in [-0.25, -0.2) is 0 Å². The molecule has 0 bridgehead atoms. The van der Waals surface area contributed by atoms with Crippen molar-refractivity contribution in [2.45, 2.75) is 32.2 Å². The van der Waals surface area contributed by atoms with Crippen LogP contribution in [0.3, 0.4) is 0 Å². The number of ether oxygens (including phenoxy) is 1. The Balaban J connectivity index is 2.49. The first-order chi connectivity index (χ1) is 5.22. The summed E-state index contributed by atoms with van der Waals surface area (Å²) in [6.07, 6.45) is 0.517. The summed E-state index contributed by atoms with van der Waals surface area (Å²) < 4.78 is 5.08. The van der Waals surface area contributed by atoms with Gasteiger partial charge in [-0.15, -0.1) is 0 Å². The fraction of sp³-hybridized carbons (Fsp3) is 0.857. The van der Waals surface area contributed by atoms with E-state index in [2.05, 4.69) is 9.99 Å². The summed E-state index contributed by atoms with van der Waals surface area (Å²) in [4.78, 5) is 4.60. The third-order valence-corrected chi connectivity index (χ3v) is 1.54. The number of aliphatic hydroxyl groups is 1.